The maximum atomic E-state index is 12.3. The van der Waals surface area contributed by atoms with Crippen LogP contribution in [0.4, 0.5) is 0 Å². The molecule has 1 aliphatic rings. The van der Waals surface area contributed by atoms with Crippen molar-refractivity contribution in [3.8, 4) is 5.75 Å². The Bertz CT molecular complexity index is 939. The Balaban J connectivity index is 2.09. The van der Waals surface area contributed by atoms with E-state index in [9.17, 15) is 13.2 Å². The third-order valence-electron chi connectivity index (χ3n) is 3.90. The Labute approximate surface area is 146 Å². The molecular formula is C19H18O5S. The van der Waals surface area contributed by atoms with E-state index in [-0.39, 0.29) is 10.7 Å². The van der Waals surface area contributed by atoms with Crippen LogP contribution in [-0.4, -0.2) is 26.2 Å². The van der Waals surface area contributed by atoms with E-state index in [4.69, 9.17) is 9.47 Å². The molecule has 0 saturated heterocycles. The van der Waals surface area contributed by atoms with Gasteiger partial charge in [-0.05, 0) is 43.7 Å². The largest absolute Gasteiger partial charge is 0.449 e. The first-order valence-electron chi connectivity index (χ1n) is 7.70. The van der Waals surface area contributed by atoms with Gasteiger partial charge in [-0.1, -0.05) is 30.3 Å². The van der Waals surface area contributed by atoms with E-state index in [1.54, 1.807) is 38.1 Å². The number of para-hydroxylation sites is 1. The number of ether oxygens (including phenoxy) is 2. The van der Waals surface area contributed by atoms with E-state index in [1.807, 2.05) is 18.2 Å². The first-order chi connectivity index (χ1) is 11.7. The quantitative estimate of drug-likeness (QED) is 0.785. The highest BCUT2D eigenvalue weighted by Crippen LogP contribution is 2.40. The zero-order chi connectivity index (χ0) is 18.2. The second-order valence-corrected chi connectivity index (χ2v) is 8.33. The third-order valence-corrected chi connectivity index (χ3v) is 5.03. The maximum absolute atomic E-state index is 12.3. The fourth-order valence-corrected chi connectivity index (χ4v) is 3.38. The summed E-state index contributed by atoms with van der Waals surface area (Å²) < 4.78 is 34.5. The van der Waals surface area contributed by atoms with E-state index in [2.05, 4.69) is 0 Å². The molecule has 0 aliphatic carbocycles. The van der Waals surface area contributed by atoms with Crippen molar-refractivity contribution in [3.05, 3.63) is 65.9 Å². The zero-order valence-corrected chi connectivity index (χ0v) is 15.0. The minimum Gasteiger partial charge on any atom is -0.449 e. The summed E-state index contributed by atoms with van der Waals surface area (Å²) in [4.78, 5) is 12.5. The lowest BCUT2D eigenvalue weighted by Gasteiger charge is -2.21. The van der Waals surface area contributed by atoms with E-state index in [1.165, 1.54) is 12.1 Å². The molecule has 0 spiro atoms. The van der Waals surface area contributed by atoms with E-state index >= 15 is 0 Å². The predicted molar refractivity (Wildman–Crippen MR) is 93.7 cm³/mol. The Morgan fingerprint density at radius 2 is 1.56 bits per heavy atom. The van der Waals surface area contributed by atoms with Crippen LogP contribution in [0.5, 0.6) is 5.75 Å². The molecule has 3 rings (SSSR count). The molecular weight excluding hydrogens is 340 g/mol. The van der Waals surface area contributed by atoms with Crippen molar-refractivity contribution in [2.75, 3.05) is 6.26 Å². The van der Waals surface area contributed by atoms with Crippen molar-refractivity contribution in [1.82, 2.24) is 0 Å². The molecule has 2 aromatic carbocycles. The molecule has 0 unspecified atom stereocenters. The lowest BCUT2D eigenvalue weighted by atomic mass is 9.92. The second kappa shape index (κ2) is 6.04. The molecule has 0 N–H and O–H groups in total. The summed E-state index contributed by atoms with van der Waals surface area (Å²) in [5, 5.41) is 0. The predicted octanol–water partition coefficient (Wildman–Crippen LogP) is 3.22. The SMILES string of the molecule is CC1(C)OC(=O)C(Oc2ccccc2)=C1c1ccc(S(C)(=O)=O)cc1. The average Bonchev–Trinajstić information content (AvgIpc) is 2.76. The highest BCUT2D eigenvalue weighted by atomic mass is 32.2. The van der Waals surface area contributed by atoms with Crippen LogP contribution >= 0.6 is 0 Å². The lowest BCUT2D eigenvalue weighted by Crippen LogP contribution is -2.22. The number of carbonyl (C=O) groups excluding carboxylic acids is 1. The normalized spacial score (nSPS) is 16.7. The maximum Gasteiger partial charge on any atom is 0.375 e. The van der Waals surface area contributed by atoms with E-state index < -0.39 is 21.4 Å². The van der Waals surface area contributed by atoms with Gasteiger partial charge in [-0.2, -0.15) is 0 Å². The fourth-order valence-electron chi connectivity index (χ4n) is 2.75. The van der Waals surface area contributed by atoms with Gasteiger partial charge in [0.05, 0.1) is 10.5 Å². The third kappa shape index (κ3) is 3.44. The van der Waals surface area contributed by atoms with Crippen LogP contribution in [0, 0.1) is 0 Å². The number of cyclic esters (lactones) is 1. The van der Waals surface area contributed by atoms with Gasteiger partial charge in [0.25, 0.3) is 0 Å². The number of hydrogen-bond donors (Lipinski definition) is 0. The van der Waals surface area contributed by atoms with E-state index in [0.717, 1.165) is 6.26 Å². The molecule has 0 atom stereocenters. The molecule has 0 aromatic heterocycles. The van der Waals surface area contributed by atoms with Crippen molar-refractivity contribution in [3.63, 3.8) is 0 Å². The minimum atomic E-state index is -3.29. The topological polar surface area (TPSA) is 69.7 Å². The zero-order valence-electron chi connectivity index (χ0n) is 14.1. The van der Waals surface area contributed by atoms with Crippen LogP contribution in [0.15, 0.2) is 65.3 Å². The van der Waals surface area contributed by atoms with Crippen molar-refractivity contribution >= 4 is 21.4 Å². The molecule has 1 aliphatic heterocycles. The molecule has 1 heterocycles. The minimum absolute atomic E-state index is 0.114. The Kier molecular flexibility index (Phi) is 4.16. The summed E-state index contributed by atoms with van der Waals surface area (Å²) in [6.07, 6.45) is 1.15. The van der Waals surface area contributed by atoms with Crippen molar-refractivity contribution in [1.29, 1.82) is 0 Å². The fraction of sp³-hybridized carbons (Fsp3) is 0.211. The number of hydrogen-bond acceptors (Lipinski definition) is 5. The first kappa shape index (κ1) is 17.2. The first-order valence-corrected chi connectivity index (χ1v) is 9.59. The van der Waals surface area contributed by atoms with Gasteiger partial charge in [0.1, 0.15) is 11.4 Å². The van der Waals surface area contributed by atoms with Gasteiger partial charge < -0.3 is 9.47 Å². The molecule has 6 heteroatoms. The van der Waals surface area contributed by atoms with Crippen molar-refractivity contribution in [2.45, 2.75) is 24.3 Å². The van der Waals surface area contributed by atoms with E-state index in [0.29, 0.717) is 16.9 Å². The molecule has 130 valence electrons. The number of esters is 1. The molecule has 2 aromatic rings. The summed E-state index contributed by atoms with van der Waals surface area (Å²) in [5.74, 6) is 0.0942. The number of sulfone groups is 1. The molecule has 0 saturated carbocycles. The Morgan fingerprint density at radius 3 is 2.12 bits per heavy atom. The van der Waals surface area contributed by atoms with Gasteiger partial charge in [-0.3, -0.25) is 0 Å². The van der Waals surface area contributed by atoms with Crippen LogP contribution in [0.3, 0.4) is 0 Å². The van der Waals surface area contributed by atoms with Crippen LogP contribution in [0.25, 0.3) is 5.57 Å². The average molecular weight is 358 g/mol. The highest BCUT2D eigenvalue weighted by molar-refractivity contribution is 7.90. The molecule has 25 heavy (non-hydrogen) atoms. The molecule has 0 fully saturated rings. The highest BCUT2D eigenvalue weighted by Gasteiger charge is 2.43. The van der Waals surface area contributed by atoms with Gasteiger partial charge in [0.15, 0.2) is 9.84 Å². The lowest BCUT2D eigenvalue weighted by molar-refractivity contribution is -0.145. The smallest absolute Gasteiger partial charge is 0.375 e. The van der Waals surface area contributed by atoms with Gasteiger partial charge in [-0.25, -0.2) is 13.2 Å². The number of rotatable bonds is 4. The van der Waals surface area contributed by atoms with Gasteiger partial charge in [-0.15, -0.1) is 0 Å². The van der Waals surface area contributed by atoms with Gasteiger partial charge >= 0.3 is 5.97 Å². The summed E-state index contributed by atoms with van der Waals surface area (Å²) in [7, 11) is -3.29. The summed E-state index contributed by atoms with van der Waals surface area (Å²) in [5.41, 5.74) is 0.379. The Morgan fingerprint density at radius 1 is 0.960 bits per heavy atom. The number of benzene rings is 2. The molecule has 5 nitrogen and oxygen atoms in total. The van der Waals surface area contributed by atoms with Crippen molar-refractivity contribution in [2.24, 2.45) is 0 Å². The van der Waals surface area contributed by atoms with Crippen molar-refractivity contribution < 1.29 is 22.7 Å². The summed E-state index contributed by atoms with van der Waals surface area (Å²) in [6.45, 7) is 3.54. The van der Waals surface area contributed by atoms with Crippen LogP contribution in [-0.2, 0) is 19.4 Å². The van der Waals surface area contributed by atoms with Gasteiger partial charge in [0, 0.05) is 6.26 Å². The molecule has 0 bridgehead atoms. The second-order valence-electron chi connectivity index (χ2n) is 6.32. The Hall–Kier alpha value is -2.60. The monoisotopic (exact) mass is 358 g/mol. The van der Waals surface area contributed by atoms with Gasteiger partial charge in [0.2, 0.25) is 5.76 Å². The van der Waals surface area contributed by atoms with Crippen LogP contribution in [0.1, 0.15) is 19.4 Å². The van der Waals surface area contributed by atoms with Crippen LogP contribution < -0.4 is 4.74 Å². The number of carbonyl (C=O) groups is 1. The van der Waals surface area contributed by atoms with Crippen LogP contribution in [0.2, 0.25) is 0 Å². The molecule has 0 amide bonds. The standard InChI is InChI=1S/C19H18O5S/c1-19(2)16(13-9-11-15(12-10-13)25(3,21)22)17(18(20)24-19)23-14-7-5-4-6-8-14/h4-12H,1-3H3. The summed E-state index contributed by atoms with van der Waals surface area (Å²) >= 11 is 0. The summed E-state index contributed by atoms with van der Waals surface area (Å²) in [6, 6.07) is 15.3. The molecule has 0 radical (unpaired) electrons.